The van der Waals surface area contributed by atoms with E-state index in [1.54, 1.807) is 13.3 Å². The molecule has 0 saturated carbocycles. The molecule has 3 fully saturated rings. The van der Waals surface area contributed by atoms with Crippen molar-refractivity contribution in [3.8, 4) is 5.75 Å². The molecule has 194 valence electrons. The van der Waals surface area contributed by atoms with Crippen molar-refractivity contribution in [1.29, 1.82) is 0 Å². The Bertz CT molecular complexity index is 1110. The number of ether oxygens (including phenoxy) is 3. The minimum absolute atomic E-state index is 0.0383. The van der Waals surface area contributed by atoms with Gasteiger partial charge in [-0.25, -0.2) is 15.0 Å². The van der Waals surface area contributed by atoms with Gasteiger partial charge in [-0.3, -0.25) is 0 Å². The van der Waals surface area contributed by atoms with E-state index in [1.165, 1.54) is 11.8 Å². The maximum atomic E-state index is 10.1. The highest BCUT2D eigenvalue weighted by molar-refractivity contribution is 7.99. The molecule has 0 aliphatic carbocycles. The molecule has 4 aliphatic rings. The molecule has 10 nitrogen and oxygen atoms in total. The molecule has 0 bridgehead atoms. The summed E-state index contributed by atoms with van der Waals surface area (Å²) in [4.78, 5) is 19.6. The molecule has 2 aromatic rings. The summed E-state index contributed by atoms with van der Waals surface area (Å²) in [6, 6.07) is 2.29. The fourth-order valence-corrected chi connectivity index (χ4v) is 6.91. The first-order chi connectivity index (χ1) is 17.5. The monoisotopic (exact) mass is 514 g/mol. The minimum Gasteiger partial charge on any atom is -0.486 e. The third-order valence-electron chi connectivity index (χ3n) is 8.32. The van der Waals surface area contributed by atoms with Gasteiger partial charge in [-0.05, 0) is 32.3 Å². The maximum Gasteiger partial charge on any atom is 0.175 e. The number of nitrogens with two attached hydrogens (primary N) is 1. The van der Waals surface area contributed by atoms with Gasteiger partial charge in [-0.1, -0.05) is 11.8 Å². The summed E-state index contributed by atoms with van der Waals surface area (Å²) in [6.45, 7) is 5.68. The van der Waals surface area contributed by atoms with Crippen molar-refractivity contribution in [3.63, 3.8) is 0 Å². The van der Waals surface area contributed by atoms with Crippen LogP contribution in [0.1, 0.15) is 31.9 Å². The summed E-state index contributed by atoms with van der Waals surface area (Å²) in [7, 11) is 1.76. The average Bonchev–Trinajstić information content (AvgIpc) is 3.46. The Morgan fingerprint density at radius 3 is 2.83 bits per heavy atom. The van der Waals surface area contributed by atoms with Gasteiger partial charge in [0.15, 0.2) is 17.4 Å². The number of rotatable bonds is 5. The summed E-state index contributed by atoms with van der Waals surface area (Å²) in [5.74, 6) is 2.38. The number of nitrogens with zero attached hydrogens (tertiary/aromatic N) is 5. The largest absolute Gasteiger partial charge is 0.486 e. The van der Waals surface area contributed by atoms with Crippen molar-refractivity contribution in [2.24, 2.45) is 11.1 Å². The van der Waals surface area contributed by atoms with Gasteiger partial charge in [0.05, 0.1) is 42.6 Å². The average molecular weight is 515 g/mol. The van der Waals surface area contributed by atoms with Crippen molar-refractivity contribution in [2.75, 3.05) is 49.8 Å². The third kappa shape index (κ3) is 4.10. The second-order valence-electron chi connectivity index (χ2n) is 10.3. The van der Waals surface area contributed by atoms with Crippen LogP contribution in [0.25, 0.3) is 0 Å². The molecule has 11 heteroatoms. The van der Waals surface area contributed by atoms with Crippen molar-refractivity contribution in [2.45, 2.75) is 67.0 Å². The predicted molar refractivity (Wildman–Crippen MR) is 136 cm³/mol. The second-order valence-corrected chi connectivity index (χ2v) is 11.4. The van der Waals surface area contributed by atoms with Gasteiger partial charge in [0.1, 0.15) is 17.3 Å². The van der Waals surface area contributed by atoms with Crippen LogP contribution in [0.4, 0.5) is 11.6 Å². The summed E-state index contributed by atoms with van der Waals surface area (Å²) >= 11 is 1.48. The zero-order valence-corrected chi connectivity index (χ0v) is 21.6. The molecular weight excluding hydrogens is 480 g/mol. The van der Waals surface area contributed by atoms with Crippen LogP contribution in [0.5, 0.6) is 5.75 Å². The smallest absolute Gasteiger partial charge is 0.175 e. The Hall–Kier alpha value is -2.18. The third-order valence-corrected chi connectivity index (χ3v) is 9.27. The Balaban J connectivity index is 1.19. The molecule has 3 N–H and O–H groups in total. The SMILES string of the molecule is CO[C@H]1C[C@@H]2COc3c(Sc4cnc(N5CCC6(CC5)CO[C@@H](C)[C@H]6N)c(CO)n4)ccnc3N2C1. The number of pyridine rings is 1. The van der Waals surface area contributed by atoms with Crippen molar-refractivity contribution >= 4 is 23.4 Å². The zero-order valence-electron chi connectivity index (χ0n) is 20.8. The number of aromatic nitrogens is 3. The number of hydrogen-bond acceptors (Lipinski definition) is 11. The minimum atomic E-state index is -0.170. The van der Waals surface area contributed by atoms with Crippen LogP contribution >= 0.6 is 11.8 Å². The van der Waals surface area contributed by atoms with Crippen LogP contribution < -0.4 is 20.3 Å². The number of hydrogen-bond donors (Lipinski definition) is 2. The van der Waals surface area contributed by atoms with Crippen molar-refractivity contribution < 1.29 is 19.3 Å². The van der Waals surface area contributed by atoms with Gasteiger partial charge < -0.3 is 34.9 Å². The number of anilines is 2. The molecule has 3 saturated heterocycles. The summed E-state index contributed by atoms with van der Waals surface area (Å²) in [6.07, 6.45) is 6.72. The van der Waals surface area contributed by atoms with Gasteiger partial charge in [-0.15, -0.1) is 0 Å². The number of aliphatic hydroxyl groups excluding tert-OH is 1. The first kappa shape index (κ1) is 24.2. The lowest BCUT2D eigenvalue weighted by molar-refractivity contribution is 0.0973. The van der Waals surface area contributed by atoms with Crippen molar-refractivity contribution in [3.05, 3.63) is 24.2 Å². The predicted octanol–water partition coefficient (Wildman–Crippen LogP) is 1.83. The first-order valence-corrected chi connectivity index (χ1v) is 13.5. The molecule has 0 amide bonds. The quantitative estimate of drug-likeness (QED) is 0.608. The summed E-state index contributed by atoms with van der Waals surface area (Å²) < 4.78 is 17.6. The Kier molecular flexibility index (Phi) is 6.45. The molecule has 0 aromatic carbocycles. The van der Waals surface area contributed by atoms with E-state index in [2.05, 4.69) is 21.7 Å². The number of piperidine rings is 1. The van der Waals surface area contributed by atoms with E-state index in [-0.39, 0.29) is 36.3 Å². The molecule has 0 unspecified atom stereocenters. The van der Waals surface area contributed by atoms with E-state index in [0.29, 0.717) is 17.3 Å². The molecular formula is C25H34N6O4S. The molecule has 2 aromatic heterocycles. The van der Waals surface area contributed by atoms with E-state index >= 15 is 0 Å². The highest BCUT2D eigenvalue weighted by Gasteiger charge is 2.48. The summed E-state index contributed by atoms with van der Waals surface area (Å²) in [5, 5.41) is 10.8. The normalized spacial score (nSPS) is 28.8. The van der Waals surface area contributed by atoms with Gasteiger partial charge in [0.25, 0.3) is 0 Å². The molecule has 4 atom stereocenters. The lowest BCUT2D eigenvalue weighted by atomic mass is 9.73. The maximum absolute atomic E-state index is 10.1. The topological polar surface area (TPSA) is 119 Å². The van der Waals surface area contributed by atoms with E-state index in [9.17, 15) is 5.11 Å². The van der Waals surface area contributed by atoms with Gasteiger partial charge >= 0.3 is 0 Å². The van der Waals surface area contributed by atoms with E-state index < -0.39 is 0 Å². The fourth-order valence-electron chi connectivity index (χ4n) is 6.05. The highest BCUT2D eigenvalue weighted by atomic mass is 32.2. The van der Waals surface area contributed by atoms with E-state index in [4.69, 9.17) is 29.9 Å². The Morgan fingerprint density at radius 1 is 1.28 bits per heavy atom. The van der Waals surface area contributed by atoms with Gasteiger partial charge in [-0.2, -0.15) is 0 Å². The van der Waals surface area contributed by atoms with Crippen LogP contribution in [0.2, 0.25) is 0 Å². The number of fused-ring (bicyclic) bond motifs is 3. The lowest BCUT2D eigenvalue weighted by Crippen LogP contribution is -2.51. The Labute approximate surface area is 215 Å². The second kappa shape index (κ2) is 9.60. The molecule has 0 radical (unpaired) electrons. The molecule has 6 heterocycles. The molecule has 6 rings (SSSR count). The molecule has 36 heavy (non-hydrogen) atoms. The first-order valence-electron chi connectivity index (χ1n) is 12.7. The molecule has 4 aliphatic heterocycles. The van der Waals surface area contributed by atoms with Crippen LogP contribution in [-0.2, 0) is 16.1 Å². The zero-order chi connectivity index (χ0) is 24.9. The Morgan fingerprint density at radius 2 is 2.11 bits per heavy atom. The number of aliphatic hydroxyl groups is 1. The molecule has 1 spiro atoms. The lowest BCUT2D eigenvalue weighted by Gasteiger charge is -2.41. The van der Waals surface area contributed by atoms with Crippen LogP contribution in [0.3, 0.4) is 0 Å². The van der Waals surface area contributed by atoms with Crippen LogP contribution in [0.15, 0.2) is 28.4 Å². The van der Waals surface area contributed by atoms with Crippen LogP contribution in [0, 0.1) is 5.41 Å². The summed E-state index contributed by atoms with van der Waals surface area (Å²) in [5.41, 5.74) is 7.10. The van der Waals surface area contributed by atoms with Crippen LogP contribution in [-0.4, -0.2) is 84.3 Å². The van der Waals surface area contributed by atoms with E-state index in [0.717, 1.165) is 67.8 Å². The highest BCUT2D eigenvalue weighted by Crippen LogP contribution is 2.45. The van der Waals surface area contributed by atoms with Gasteiger partial charge in [0.2, 0.25) is 0 Å². The van der Waals surface area contributed by atoms with Crippen molar-refractivity contribution in [1.82, 2.24) is 15.0 Å². The standard InChI is InChI=1S/C25H34N6O4S/c1-15-22(26)25(14-35-15)4-7-30(8-5-25)23-18(12-32)29-20(10-28-23)36-19-3-6-27-24-21(19)34-13-16-9-17(33-2)11-31(16)24/h3,6,10,15-17,22,32H,4-5,7-9,11-14,26H2,1-2H3/t15-,16+,17-,22+/m0/s1. The van der Waals surface area contributed by atoms with Gasteiger partial charge in [0, 0.05) is 44.4 Å². The van der Waals surface area contributed by atoms with E-state index in [1.807, 2.05) is 12.3 Å². The number of methoxy groups -OCH3 is 1. The fraction of sp³-hybridized carbons (Fsp3) is 0.640.